The van der Waals surface area contributed by atoms with Gasteiger partial charge in [0.2, 0.25) is 0 Å². The van der Waals surface area contributed by atoms with E-state index < -0.39 is 6.09 Å². The Morgan fingerprint density at radius 3 is 3.10 bits per heavy atom. The van der Waals surface area contributed by atoms with Gasteiger partial charge in [-0.15, -0.1) is 0 Å². The molecule has 2 N–H and O–H groups in total. The van der Waals surface area contributed by atoms with E-state index in [0.717, 1.165) is 0 Å². The lowest BCUT2D eigenvalue weighted by atomic mass is 10.5. The molecule has 0 radical (unpaired) electrons. The maximum Gasteiger partial charge on any atom is 0.423 e. The van der Waals surface area contributed by atoms with Gasteiger partial charge in [-0.25, -0.2) is 15.2 Å². The Kier molecular flexibility index (Phi) is 1.89. The monoisotopic (exact) mass is 141 g/mol. The number of rotatable bonds is 1. The summed E-state index contributed by atoms with van der Waals surface area (Å²) in [6, 6.07) is 0. The molecule has 0 unspecified atom stereocenters. The van der Waals surface area contributed by atoms with Crippen molar-refractivity contribution in [2.24, 2.45) is 4.99 Å². The van der Waals surface area contributed by atoms with E-state index in [4.69, 9.17) is 5.11 Å². The second-order valence-corrected chi connectivity index (χ2v) is 1.72. The molecule has 0 saturated carbocycles. The fourth-order valence-electron chi connectivity index (χ4n) is 0.585. The van der Waals surface area contributed by atoms with Crippen LogP contribution < -0.4 is 5.43 Å². The van der Waals surface area contributed by atoms with Crippen LogP contribution in [-0.4, -0.2) is 29.1 Å². The van der Waals surface area contributed by atoms with Crippen LogP contribution in [0.1, 0.15) is 0 Å². The number of hydrazine groups is 1. The van der Waals surface area contributed by atoms with E-state index in [1.807, 2.05) is 0 Å². The van der Waals surface area contributed by atoms with Crippen molar-refractivity contribution in [3.05, 3.63) is 12.3 Å². The fourth-order valence-corrected chi connectivity index (χ4v) is 0.585. The van der Waals surface area contributed by atoms with E-state index in [-0.39, 0.29) is 0 Å². The van der Waals surface area contributed by atoms with Crippen molar-refractivity contribution in [1.29, 1.82) is 0 Å². The number of hydrogen-bond acceptors (Lipinski definition) is 3. The summed E-state index contributed by atoms with van der Waals surface area (Å²) in [5.41, 5.74) is 2.13. The topological polar surface area (TPSA) is 64.9 Å². The quantitative estimate of drug-likeness (QED) is 0.541. The molecule has 1 heterocycles. The van der Waals surface area contributed by atoms with Crippen LogP contribution in [0.3, 0.4) is 0 Å². The zero-order valence-electron chi connectivity index (χ0n) is 5.19. The van der Waals surface area contributed by atoms with Crippen molar-refractivity contribution in [1.82, 2.24) is 10.4 Å². The Labute approximate surface area is 57.6 Å². The van der Waals surface area contributed by atoms with Crippen LogP contribution in [0, 0.1) is 0 Å². The lowest BCUT2D eigenvalue weighted by Gasteiger charge is -2.17. The Bertz CT molecular complexity index is 187. The summed E-state index contributed by atoms with van der Waals surface area (Å²) >= 11 is 0. The number of nitrogens with zero attached hydrogens (tertiary/aromatic N) is 2. The average Bonchev–Trinajstić information content (AvgIpc) is 1.88. The summed E-state index contributed by atoms with van der Waals surface area (Å²) in [6.07, 6.45) is 3.69. The molecule has 54 valence electrons. The van der Waals surface area contributed by atoms with Crippen LogP contribution in [0.5, 0.6) is 0 Å². The highest BCUT2D eigenvalue weighted by molar-refractivity contribution is 5.68. The van der Waals surface area contributed by atoms with E-state index in [2.05, 4.69) is 10.4 Å². The van der Waals surface area contributed by atoms with Crippen molar-refractivity contribution in [3.8, 4) is 0 Å². The van der Waals surface area contributed by atoms with Gasteiger partial charge in [0.1, 0.15) is 6.34 Å². The predicted molar refractivity (Wildman–Crippen MR) is 35.5 cm³/mol. The maximum absolute atomic E-state index is 10.0. The maximum atomic E-state index is 10.0. The lowest BCUT2D eigenvalue weighted by Crippen LogP contribution is -2.41. The first-order valence-electron chi connectivity index (χ1n) is 2.73. The highest BCUT2D eigenvalue weighted by Crippen LogP contribution is 1.87. The summed E-state index contributed by atoms with van der Waals surface area (Å²) in [5.74, 6) is 0. The summed E-state index contributed by atoms with van der Waals surface area (Å²) in [4.78, 5) is 13.7. The van der Waals surface area contributed by atoms with Gasteiger partial charge >= 0.3 is 6.09 Å². The van der Waals surface area contributed by atoms with E-state index in [9.17, 15) is 4.79 Å². The predicted octanol–water partition coefficient (Wildman–Crippen LogP) is 0.0266. The van der Waals surface area contributed by atoms with E-state index >= 15 is 0 Å². The molecular formula is C5H7N3O2. The Morgan fingerprint density at radius 2 is 2.60 bits per heavy atom. The zero-order chi connectivity index (χ0) is 7.40. The van der Waals surface area contributed by atoms with Gasteiger partial charge in [-0.1, -0.05) is 0 Å². The molecule has 1 amide bonds. The number of carboxylic acid groups (broad SMARTS) is 1. The van der Waals surface area contributed by atoms with Gasteiger partial charge in [-0.2, -0.15) is 0 Å². The highest BCUT2D eigenvalue weighted by atomic mass is 16.4. The smallest absolute Gasteiger partial charge is 0.423 e. The van der Waals surface area contributed by atoms with Crippen molar-refractivity contribution in [2.45, 2.75) is 0 Å². The van der Waals surface area contributed by atoms with Gasteiger partial charge in [0.25, 0.3) is 0 Å². The number of amides is 1. The molecule has 5 nitrogen and oxygen atoms in total. The minimum absolute atomic E-state index is 0.524. The Balaban J connectivity index is 2.37. The molecule has 10 heavy (non-hydrogen) atoms. The molecule has 0 fully saturated rings. The first kappa shape index (κ1) is 6.60. The SMILES string of the molecule is O=C(O)NN1C=NC=CC1. The van der Waals surface area contributed by atoms with E-state index in [1.165, 1.54) is 11.3 Å². The third-order valence-corrected chi connectivity index (χ3v) is 0.939. The molecule has 0 bridgehead atoms. The van der Waals surface area contributed by atoms with Crippen LogP contribution in [0.2, 0.25) is 0 Å². The summed E-state index contributed by atoms with van der Waals surface area (Å²) in [5, 5.41) is 9.59. The molecule has 0 aromatic rings. The number of nitrogens with one attached hydrogen (secondary N) is 1. The molecule has 1 aliphatic rings. The molecule has 0 saturated heterocycles. The second-order valence-electron chi connectivity index (χ2n) is 1.72. The molecule has 0 aliphatic carbocycles. The molecule has 1 aliphatic heterocycles. The molecule has 0 spiro atoms. The molecule has 0 atom stereocenters. The number of carbonyl (C=O) groups is 1. The van der Waals surface area contributed by atoms with E-state index in [1.54, 1.807) is 12.3 Å². The lowest BCUT2D eigenvalue weighted by molar-refractivity contribution is 0.173. The minimum atomic E-state index is -1.08. The third kappa shape index (κ3) is 1.77. The Morgan fingerprint density at radius 1 is 1.80 bits per heavy atom. The van der Waals surface area contributed by atoms with Gasteiger partial charge in [0.15, 0.2) is 0 Å². The van der Waals surface area contributed by atoms with Crippen LogP contribution in [-0.2, 0) is 0 Å². The van der Waals surface area contributed by atoms with Crippen molar-refractivity contribution in [2.75, 3.05) is 6.54 Å². The fraction of sp³-hybridized carbons (Fsp3) is 0.200. The van der Waals surface area contributed by atoms with Crippen molar-refractivity contribution >= 4 is 12.4 Å². The Hall–Kier alpha value is -1.52. The molecular weight excluding hydrogens is 134 g/mol. The van der Waals surface area contributed by atoms with Gasteiger partial charge in [-0.05, 0) is 6.08 Å². The standard InChI is InChI=1S/C5H7N3O2/c9-5(10)7-8-3-1-2-6-4-8/h1-2,4,7H,3H2,(H,9,10). The summed E-state index contributed by atoms with van der Waals surface area (Å²) < 4.78 is 0. The van der Waals surface area contributed by atoms with Gasteiger partial charge in [0.05, 0.1) is 6.54 Å². The second kappa shape index (κ2) is 2.86. The molecule has 1 rings (SSSR count). The van der Waals surface area contributed by atoms with Gasteiger partial charge in [0, 0.05) is 6.20 Å². The third-order valence-electron chi connectivity index (χ3n) is 0.939. The molecule has 0 aromatic carbocycles. The van der Waals surface area contributed by atoms with Crippen LogP contribution in [0.25, 0.3) is 0 Å². The highest BCUT2D eigenvalue weighted by Gasteiger charge is 2.01. The van der Waals surface area contributed by atoms with Gasteiger partial charge < -0.3 is 5.11 Å². The van der Waals surface area contributed by atoms with E-state index in [0.29, 0.717) is 6.54 Å². The molecule has 5 heteroatoms. The number of hydrogen-bond donors (Lipinski definition) is 2. The summed E-state index contributed by atoms with van der Waals surface area (Å²) in [7, 11) is 0. The number of aliphatic imine (C=N–C) groups is 1. The van der Waals surface area contributed by atoms with Crippen molar-refractivity contribution < 1.29 is 9.90 Å². The van der Waals surface area contributed by atoms with Crippen LogP contribution >= 0.6 is 0 Å². The normalized spacial score (nSPS) is 15.4. The van der Waals surface area contributed by atoms with Gasteiger partial charge in [-0.3, -0.25) is 5.01 Å². The largest absolute Gasteiger partial charge is 0.464 e. The zero-order valence-corrected chi connectivity index (χ0v) is 5.19. The first-order chi connectivity index (χ1) is 4.79. The minimum Gasteiger partial charge on any atom is -0.464 e. The summed E-state index contributed by atoms with van der Waals surface area (Å²) in [6.45, 7) is 0.524. The van der Waals surface area contributed by atoms with Crippen LogP contribution in [0.15, 0.2) is 17.3 Å². The van der Waals surface area contributed by atoms with Crippen molar-refractivity contribution in [3.63, 3.8) is 0 Å². The average molecular weight is 141 g/mol. The first-order valence-corrected chi connectivity index (χ1v) is 2.73. The van der Waals surface area contributed by atoms with Crippen LogP contribution in [0.4, 0.5) is 4.79 Å². The molecule has 0 aromatic heterocycles.